The highest BCUT2D eigenvalue weighted by Crippen LogP contribution is 2.33. The Balaban J connectivity index is 2.17. The molecule has 0 bridgehead atoms. The maximum absolute atomic E-state index is 11.8. The van der Waals surface area contributed by atoms with Crippen LogP contribution in [-0.2, 0) is 4.79 Å². The van der Waals surface area contributed by atoms with E-state index in [-0.39, 0.29) is 17.8 Å². The van der Waals surface area contributed by atoms with Gasteiger partial charge in [0.25, 0.3) is 0 Å². The highest BCUT2D eigenvalue weighted by Gasteiger charge is 2.36. The summed E-state index contributed by atoms with van der Waals surface area (Å²) in [5.74, 6) is 0.0514. The smallest absolute Gasteiger partial charge is 0.238 e. The van der Waals surface area contributed by atoms with E-state index in [1.54, 1.807) is 6.20 Å². The maximum Gasteiger partial charge on any atom is 0.238 e. The minimum Gasteiger partial charge on any atom is -0.330 e. The lowest BCUT2D eigenvalue weighted by Crippen LogP contribution is -2.36. The van der Waals surface area contributed by atoms with Crippen LogP contribution >= 0.6 is 11.6 Å². The van der Waals surface area contributed by atoms with Crippen molar-refractivity contribution in [1.82, 2.24) is 9.88 Å². The Morgan fingerprint density at radius 3 is 2.88 bits per heavy atom. The van der Waals surface area contributed by atoms with E-state index >= 15 is 0 Å². The third-order valence-electron chi connectivity index (χ3n) is 2.88. The number of carbonyl (C=O) groups excluding carboxylic acids is 1. The van der Waals surface area contributed by atoms with Crippen LogP contribution < -0.4 is 0 Å². The summed E-state index contributed by atoms with van der Waals surface area (Å²) >= 11 is 5.64. The molecule has 1 unspecified atom stereocenters. The molecule has 0 spiro atoms. The Hall–Kier alpha value is -1.09. The summed E-state index contributed by atoms with van der Waals surface area (Å²) < 4.78 is 0. The van der Waals surface area contributed by atoms with E-state index in [4.69, 9.17) is 11.6 Å². The standard InChI is InChI=1S/C12H15ClN2O/c1-9(11-4-2-3-7-14-11)15(10-5-6-10)12(16)8-13/h2-4,7,9-10H,5-6,8H2,1H3. The van der Waals surface area contributed by atoms with E-state index < -0.39 is 0 Å². The van der Waals surface area contributed by atoms with Crippen LogP contribution in [-0.4, -0.2) is 27.7 Å². The highest BCUT2D eigenvalue weighted by atomic mass is 35.5. The van der Waals surface area contributed by atoms with Crippen molar-refractivity contribution in [2.24, 2.45) is 0 Å². The second-order valence-corrected chi connectivity index (χ2v) is 4.36. The molecule has 1 heterocycles. The number of rotatable bonds is 4. The van der Waals surface area contributed by atoms with Crippen LogP contribution in [0.4, 0.5) is 0 Å². The van der Waals surface area contributed by atoms with Crippen molar-refractivity contribution in [2.75, 3.05) is 5.88 Å². The number of halogens is 1. The van der Waals surface area contributed by atoms with E-state index in [9.17, 15) is 4.79 Å². The predicted octanol–water partition coefficient (Wildman–Crippen LogP) is 2.37. The van der Waals surface area contributed by atoms with Gasteiger partial charge in [-0.3, -0.25) is 9.78 Å². The van der Waals surface area contributed by atoms with E-state index in [2.05, 4.69) is 4.98 Å². The predicted molar refractivity (Wildman–Crippen MR) is 63.2 cm³/mol. The summed E-state index contributed by atoms with van der Waals surface area (Å²) in [7, 11) is 0. The first-order valence-electron chi connectivity index (χ1n) is 5.52. The van der Waals surface area contributed by atoms with Crippen LogP contribution in [0.15, 0.2) is 24.4 Å². The fraction of sp³-hybridized carbons (Fsp3) is 0.500. The summed E-state index contributed by atoms with van der Waals surface area (Å²) in [6.07, 6.45) is 3.92. The molecule has 1 fully saturated rings. The van der Waals surface area contributed by atoms with Gasteiger partial charge in [-0.1, -0.05) is 6.07 Å². The second kappa shape index (κ2) is 4.83. The first kappa shape index (κ1) is 11.4. The summed E-state index contributed by atoms with van der Waals surface area (Å²) in [5.41, 5.74) is 0.924. The minimum absolute atomic E-state index is 0.00215. The molecular weight excluding hydrogens is 224 g/mol. The normalized spacial score (nSPS) is 16.9. The number of carbonyl (C=O) groups is 1. The number of alkyl halides is 1. The van der Waals surface area contributed by atoms with Crippen molar-refractivity contribution in [3.05, 3.63) is 30.1 Å². The van der Waals surface area contributed by atoms with Gasteiger partial charge >= 0.3 is 0 Å². The summed E-state index contributed by atoms with van der Waals surface area (Å²) in [6.45, 7) is 2.01. The molecule has 0 radical (unpaired) electrons. The van der Waals surface area contributed by atoms with Crippen molar-refractivity contribution in [2.45, 2.75) is 31.8 Å². The average Bonchev–Trinajstić information content (AvgIpc) is 3.14. The molecule has 86 valence electrons. The Morgan fingerprint density at radius 1 is 1.62 bits per heavy atom. The molecule has 1 amide bonds. The maximum atomic E-state index is 11.8. The van der Waals surface area contributed by atoms with Crippen LogP contribution in [0.1, 0.15) is 31.5 Å². The van der Waals surface area contributed by atoms with Gasteiger partial charge in [-0.2, -0.15) is 0 Å². The number of hydrogen-bond donors (Lipinski definition) is 0. The Labute approximate surface area is 100 Å². The van der Waals surface area contributed by atoms with E-state index in [1.165, 1.54) is 0 Å². The fourth-order valence-corrected chi connectivity index (χ4v) is 2.06. The molecule has 1 aliphatic carbocycles. The fourth-order valence-electron chi connectivity index (χ4n) is 1.92. The van der Waals surface area contributed by atoms with Crippen LogP contribution in [0.2, 0.25) is 0 Å². The van der Waals surface area contributed by atoms with Crippen molar-refractivity contribution < 1.29 is 4.79 Å². The molecule has 2 rings (SSSR count). The zero-order chi connectivity index (χ0) is 11.5. The Bertz CT molecular complexity index is 365. The second-order valence-electron chi connectivity index (χ2n) is 4.10. The SMILES string of the molecule is CC(c1ccccn1)N(C(=O)CCl)C1CC1. The molecule has 1 aliphatic rings. The minimum atomic E-state index is 0.00215. The lowest BCUT2D eigenvalue weighted by molar-refractivity contribution is -0.131. The van der Waals surface area contributed by atoms with Crippen LogP contribution in [0.25, 0.3) is 0 Å². The molecule has 3 nitrogen and oxygen atoms in total. The first-order chi connectivity index (χ1) is 7.74. The third kappa shape index (κ3) is 2.35. The molecule has 1 aromatic rings. The van der Waals surface area contributed by atoms with Crippen LogP contribution in [0, 0.1) is 0 Å². The molecule has 1 atom stereocenters. The van der Waals surface area contributed by atoms with Crippen molar-refractivity contribution in [1.29, 1.82) is 0 Å². The van der Waals surface area contributed by atoms with Gasteiger partial charge in [0.05, 0.1) is 11.7 Å². The molecule has 0 saturated heterocycles. The number of nitrogens with zero attached hydrogens (tertiary/aromatic N) is 2. The largest absolute Gasteiger partial charge is 0.330 e. The van der Waals surface area contributed by atoms with Crippen molar-refractivity contribution in [3.8, 4) is 0 Å². The molecule has 0 aromatic carbocycles. The number of aromatic nitrogens is 1. The topological polar surface area (TPSA) is 33.2 Å². The van der Waals surface area contributed by atoms with Gasteiger partial charge in [-0.25, -0.2) is 0 Å². The average molecular weight is 239 g/mol. The third-order valence-corrected chi connectivity index (χ3v) is 3.10. The molecular formula is C12H15ClN2O. The molecule has 1 saturated carbocycles. The Kier molecular flexibility index (Phi) is 3.44. The molecule has 4 heteroatoms. The molecule has 16 heavy (non-hydrogen) atoms. The highest BCUT2D eigenvalue weighted by molar-refractivity contribution is 6.27. The van der Waals surface area contributed by atoms with Gasteiger partial charge in [0.15, 0.2) is 0 Å². The van der Waals surface area contributed by atoms with Crippen molar-refractivity contribution in [3.63, 3.8) is 0 Å². The lowest BCUT2D eigenvalue weighted by Gasteiger charge is -2.28. The van der Waals surface area contributed by atoms with Gasteiger partial charge in [0.2, 0.25) is 5.91 Å². The lowest BCUT2D eigenvalue weighted by atomic mass is 10.2. The monoisotopic (exact) mass is 238 g/mol. The zero-order valence-corrected chi connectivity index (χ0v) is 10.0. The van der Waals surface area contributed by atoms with Crippen LogP contribution in [0.3, 0.4) is 0 Å². The van der Waals surface area contributed by atoms with Crippen LogP contribution in [0.5, 0.6) is 0 Å². The Morgan fingerprint density at radius 2 is 2.38 bits per heavy atom. The number of amides is 1. The van der Waals surface area contributed by atoms with Gasteiger partial charge in [-0.15, -0.1) is 11.6 Å². The quantitative estimate of drug-likeness (QED) is 0.755. The zero-order valence-electron chi connectivity index (χ0n) is 9.27. The molecule has 0 N–H and O–H groups in total. The first-order valence-corrected chi connectivity index (χ1v) is 6.05. The number of hydrogen-bond acceptors (Lipinski definition) is 2. The summed E-state index contributed by atoms with van der Waals surface area (Å²) in [5, 5.41) is 0. The van der Waals surface area contributed by atoms with E-state index in [1.807, 2.05) is 30.0 Å². The van der Waals surface area contributed by atoms with E-state index in [0.717, 1.165) is 18.5 Å². The molecule has 1 aromatic heterocycles. The van der Waals surface area contributed by atoms with Gasteiger partial charge < -0.3 is 4.90 Å². The summed E-state index contributed by atoms with van der Waals surface area (Å²) in [6, 6.07) is 6.14. The molecule has 0 aliphatic heterocycles. The van der Waals surface area contributed by atoms with E-state index in [0.29, 0.717) is 6.04 Å². The van der Waals surface area contributed by atoms with Gasteiger partial charge in [0, 0.05) is 12.2 Å². The number of pyridine rings is 1. The van der Waals surface area contributed by atoms with Crippen molar-refractivity contribution >= 4 is 17.5 Å². The van der Waals surface area contributed by atoms with Gasteiger partial charge in [0.1, 0.15) is 5.88 Å². The summed E-state index contributed by atoms with van der Waals surface area (Å²) in [4.78, 5) is 17.9. The van der Waals surface area contributed by atoms with Gasteiger partial charge in [-0.05, 0) is 31.9 Å².